The molecule has 0 heterocycles. The summed E-state index contributed by atoms with van der Waals surface area (Å²) in [6, 6.07) is 31.5. The minimum atomic E-state index is -0.974. The summed E-state index contributed by atoms with van der Waals surface area (Å²) in [4.78, 5) is 14.1. The number of carbonyl (C=O) groups is 1. The first-order valence-corrected chi connectivity index (χ1v) is 10.2. The molecule has 4 aromatic carbocycles. The van der Waals surface area contributed by atoms with Crippen molar-refractivity contribution >= 4 is 28.5 Å². The highest BCUT2D eigenvalue weighted by Gasteiger charge is 2.22. The number of hydrogen-bond donors (Lipinski definition) is 1. The van der Waals surface area contributed by atoms with Gasteiger partial charge >= 0.3 is 5.97 Å². The zero-order chi connectivity index (χ0) is 20.1. The zero-order valence-corrected chi connectivity index (χ0v) is 16.5. The SMILES string of the molecule is O=C(O)[C@H](Cc1ccccc1Sc1ccccc1)Oc1ccc2ccccc2c1. The summed E-state index contributed by atoms with van der Waals surface area (Å²) < 4.78 is 5.88. The smallest absolute Gasteiger partial charge is 0.345 e. The van der Waals surface area contributed by atoms with Crippen LogP contribution in [0.3, 0.4) is 0 Å². The van der Waals surface area contributed by atoms with Gasteiger partial charge in [0.1, 0.15) is 5.75 Å². The molecule has 0 saturated carbocycles. The Kier molecular flexibility index (Phi) is 5.82. The Morgan fingerprint density at radius 3 is 2.31 bits per heavy atom. The average Bonchev–Trinajstić information content (AvgIpc) is 2.75. The van der Waals surface area contributed by atoms with Gasteiger partial charge in [-0.3, -0.25) is 0 Å². The molecule has 0 saturated heterocycles. The van der Waals surface area contributed by atoms with Gasteiger partial charge in [0.25, 0.3) is 0 Å². The number of ether oxygens (including phenoxy) is 1. The lowest BCUT2D eigenvalue weighted by Gasteiger charge is -2.17. The number of hydrogen-bond acceptors (Lipinski definition) is 3. The molecule has 3 nitrogen and oxygen atoms in total. The van der Waals surface area contributed by atoms with Gasteiger partial charge in [0.15, 0.2) is 6.10 Å². The van der Waals surface area contributed by atoms with Gasteiger partial charge in [0.05, 0.1) is 0 Å². The van der Waals surface area contributed by atoms with Gasteiger partial charge < -0.3 is 9.84 Å². The second-order valence-corrected chi connectivity index (χ2v) is 7.80. The predicted octanol–water partition coefficient (Wildman–Crippen LogP) is 6.07. The molecular weight excluding hydrogens is 380 g/mol. The molecule has 0 aliphatic rings. The Morgan fingerprint density at radius 1 is 0.828 bits per heavy atom. The number of rotatable bonds is 7. The third-order valence-electron chi connectivity index (χ3n) is 4.62. The first-order chi connectivity index (χ1) is 14.2. The zero-order valence-electron chi connectivity index (χ0n) is 15.7. The van der Waals surface area contributed by atoms with Crippen LogP contribution in [0.5, 0.6) is 5.75 Å². The topological polar surface area (TPSA) is 46.5 Å². The Bertz CT molecular complexity index is 1120. The van der Waals surface area contributed by atoms with Gasteiger partial charge in [-0.1, -0.05) is 78.5 Å². The molecule has 4 heteroatoms. The summed E-state index contributed by atoms with van der Waals surface area (Å²) >= 11 is 1.63. The van der Waals surface area contributed by atoms with Crippen molar-refractivity contribution < 1.29 is 14.6 Å². The second-order valence-electron chi connectivity index (χ2n) is 6.68. The summed E-state index contributed by atoms with van der Waals surface area (Å²) in [7, 11) is 0. The third-order valence-corrected chi connectivity index (χ3v) is 5.75. The molecule has 4 rings (SSSR count). The van der Waals surface area contributed by atoms with Crippen LogP contribution >= 0.6 is 11.8 Å². The van der Waals surface area contributed by atoms with Crippen LogP contribution in [0.15, 0.2) is 107 Å². The molecule has 0 aliphatic carbocycles. The average molecular weight is 400 g/mol. The minimum Gasteiger partial charge on any atom is -0.478 e. The van der Waals surface area contributed by atoms with Crippen molar-refractivity contribution in [3.63, 3.8) is 0 Å². The first kappa shape index (κ1) is 19.1. The van der Waals surface area contributed by atoms with Crippen molar-refractivity contribution in [2.75, 3.05) is 0 Å². The lowest BCUT2D eigenvalue weighted by molar-refractivity contribution is -0.145. The normalized spacial score (nSPS) is 11.9. The van der Waals surface area contributed by atoms with Crippen LogP contribution in [0.2, 0.25) is 0 Å². The molecule has 0 radical (unpaired) electrons. The van der Waals surface area contributed by atoms with E-state index in [1.165, 1.54) is 0 Å². The maximum absolute atomic E-state index is 11.9. The number of carboxylic acids is 1. The van der Waals surface area contributed by atoms with E-state index in [0.717, 1.165) is 26.1 Å². The van der Waals surface area contributed by atoms with Gasteiger partial charge in [-0.25, -0.2) is 4.79 Å². The van der Waals surface area contributed by atoms with Crippen LogP contribution in [-0.4, -0.2) is 17.2 Å². The summed E-state index contributed by atoms with van der Waals surface area (Å²) in [6.07, 6.45) is -0.674. The van der Waals surface area contributed by atoms with E-state index in [0.29, 0.717) is 5.75 Å². The summed E-state index contributed by atoms with van der Waals surface area (Å²) in [5.41, 5.74) is 0.953. The van der Waals surface area contributed by atoms with E-state index in [9.17, 15) is 9.90 Å². The third kappa shape index (κ3) is 4.79. The summed E-state index contributed by atoms with van der Waals surface area (Å²) in [5.74, 6) is -0.415. The van der Waals surface area contributed by atoms with Gasteiger partial charge in [-0.05, 0) is 46.7 Å². The highest BCUT2D eigenvalue weighted by atomic mass is 32.2. The van der Waals surface area contributed by atoms with E-state index in [4.69, 9.17) is 4.74 Å². The molecule has 0 spiro atoms. The molecule has 4 aromatic rings. The van der Waals surface area contributed by atoms with E-state index in [1.54, 1.807) is 11.8 Å². The highest BCUT2D eigenvalue weighted by molar-refractivity contribution is 7.99. The van der Waals surface area contributed by atoms with Crippen molar-refractivity contribution in [1.29, 1.82) is 0 Å². The molecule has 1 N–H and O–H groups in total. The summed E-state index contributed by atoms with van der Waals surface area (Å²) in [5, 5.41) is 11.9. The van der Waals surface area contributed by atoms with Crippen molar-refractivity contribution in [3.8, 4) is 5.75 Å². The van der Waals surface area contributed by atoms with Crippen LogP contribution in [0.1, 0.15) is 5.56 Å². The van der Waals surface area contributed by atoms with Gasteiger partial charge in [0.2, 0.25) is 0 Å². The van der Waals surface area contributed by atoms with Crippen LogP contribution in [-0.2, 0) is 11.2 Å². The van der Waals surface area contributed by atoms with Crippen molar-refractivity contribution in [2.45, 2.75) is 22.3 Å². The van der Waals surface area contributed by atoms with Crippen LogP contribution < -0.4 is 4.74 Å². The Morgan fingerprint density at radius 2 is 1.52 bits per heavy atom. The van der Waals surface area contributed by atoms with E-state index >= 15 is 0 Å². The molecular formula is C25H20O3S. The minimum absolute atomic E-state index is 0.290. The highest BCUT2D eigenvalue weighted by Crippen LogP contribution is 2.31. The largest absolute Gasteiger partial charge is 0.478 e. The predicted molar refractivity (Wildman–Crippen MR) is 117 cm³/mol. The fraction of sp³-hybridized carbons (Fsp3) is 0.0800. The number of carboxylic acid groups (broad SMARTS) is 1. The van der Waals surface area contributed by atoms with Crippen molar-refractivity contribution in [1.82, 2.24) is 0 Å². The number of fused-ring (bicyclic) bond motifs is 1. The lowest BCUT2D eigenvalue weighted by atomic mass is 10.1. The maximum atomic E-state index is 11.9. The van der Waals surface area contributed by atoms with Crippen molar-refractivity contribution in [2.24, 2.45) is 0 Å². The standard InChI is InChI=1S/C25H20O3S/c26-25(27)23(28-21-15-14-18-8-4-5-9-19(18)16-21)17-20-10-6-7-13-24(20)29-22-11-2-1-3-12-22/h1-16,23H,17H2,(H,26,27)/t23-/m0/s1. The summed E-state index contributed by atoms with van der Waals surface area (Å²) in [6.45, 7) is 0. The molecule has 0 aliphatic heterocycles. The van der Waals surface area contributed by atoms with Crippen LogP contribution in [0, 0.1) is 0 Å². The van der Waals surface area contributed by atoms with Crippen LogP contribution in [0.4, 0.5) is 0 Å². The number of aliphatic carboxylic acids is 1. The molecule has 0 unspecified atom stereocenters. The number of benzene rings is 4. The van der Waals surface area contributed by atoms with E-state index in [-0.39, 0.29) is 6.42 Å². The Balaban J connectivity index is 1.56. The van der Waals surface area contributed by atoms with Crippen LogP contribution in [0.25, 0.3) is 10.8 Å². The molecule has 144 valence electrons. The first-order valence-electron chi connectivity index (χ1n) is 9.38. The van der Waals surface area contributed by atoms with E-state index < -0.39 is 12.1 Å². The van der Waals surface area contributed by atoms with E-state index in [2.05, 4.69) is 0 Å². The Labute approximate surface area is 174 Å². The second kappa shape index (κ2) is 8.84. The molecule has 29 heavy (non-hydrogen) atoms. The maximum Gasteiger partial charge on any atom is 0.345 e. The lowest BCUT2D eigenvalue weighted by Crippen LogP contribution is -2.29. The molecule has 0 amide bonds. The monoisotopic (exact) mass is 400 g/mol. The Hall–Kier alpha value is -3.24. The molecule has 0 fully saturated rings. The fourth-order valence-electron chi connectivity index (χ4n) is 3.17. The molecule has 0 aromatic heterocycles. The van der Waals surface area contributed by atoms with E-state index in [1.807, 2.05) is 97.1 Å². The fourth-order valence-corrected chi connectivity index (χ4v) is 4.15. The molecule has 0 bridgehead atoms. The quantitative estimate of drug-likeness (QED) is 0.409. The van der Waals surface area contributed by atoms with Gasteiger partial charge in [-0.2, -0.15) is 0 Å². The van der Waals surface area contributed by atoms with Gasteiger partial charge in [-0.15, -0.1) is 0 Å². The van der Waals surface area contributed by atoms with Gasteiger partial charge in [0, 0.05) is 16.2 Å². The molecule has 1 atom stereocenters. The van der Waals surface area contributed by atoms with Crippen molar-refractivity contribution in [3.05, 3.63) is 103 Å².